The summed E-state index contributed by atoms with van der Waals surface area (Å²) in [5.74, 6) is 1.89. The van der Waals surface area contributed by atoms with Crippen molar-refractivity contribution in [3.63, 3.8) is 0 Å². The maximum atomic E-state index is 10.2. The molecule has 2 heterocycles. The van der Waals surface area contributed by atoms with Gasteiger partial charge in [0.1, 0.15) is 0 Å². The molecule has 8 aromatic carbocycles. The van der Waals surface area contributed by atoms with Crippen LogP contribution >= 0.6 is 11.8 Å². The smallest absolute Gasteiger partial charge is 0.164 e. The third-order valence-electron chi connectivity index (χ3n) is 11.4. The SMILES string of the molecule is N#Cc1ccc2c(c1)-c1c(-c3cccc(-c4cccc(-c5nc(-c6ccccc6)nc(-c6ccccc6)n5)c4)c3)cccc1C21c2ccccc2Sc2ccccc21. The minimum absolute atomic E-state index is 0.527. The van der Waals surface area contributed by atoms with E-state index in [1.807, 2.05) is 78.5 Å². The van der Waals surface area contributed by atoms with Gasteiger partial charge in [0.15, 0.2) is 17.5 Å². The van der Waals surface area contributed by atoms with Crippen LogP contribution in [-0.4, -0.2) is 15.0 Å². The van der Waals surface area contributed by atoms with Gasteiger partial charge < -0.3 is 0 Å². The molecular formula is C53H32N4S. The number of benzene rings is 8. The Morgan fingerprint density at radius 3 is 1.48 bits per heavy atom. The third-order valence-corrected chi connectivity index (χ3v) is 12.6. The minimum atomic E-state index is -0.527. The van der Waals surface area contributed by atoms with E-state index in [-0.39, 0.29) is 0 Å². The van der Waals surface area contributed by atoms with Crippen LogP contribution in [-0.2, 0) is 5.41 Å². The molecule has 0 fully saturated rings. The molecule has 0 N–H and O–H groups in total. The van der Waals surface area contributed by atoms with Gasteiger partial charge in [-0.2, -0.15) is 5.26 Å². The van der Waals surface area contributed by atoms with E-state index >= 15 is 0 Å². The summed E-state index contributed by atoms with van der Waals surface area (Å²) >= 11 is 1.83. The Morgan fingerprint density at radius 1 is 0.379 bits per heavy atom. The molecule has 0 radical (unpaired) electrons. The van der Waals surface area contributed by atoms with Gasteiger partial charge in [-0.15, -0.1) is 0 Å². The Hall–Kier alpha value is -7.39. The Morgan fingerprint density at radius 2 is 0.862 bits per heavy atom. The highest BCUT2D eigenvalue weighted by Crippen LogP contribution is 2.63. The molecule has 9 aromatic rings. The standard InChI is InChI=1S/C53H32N4S/c54-33-34-28-29-43-42(30-34)49-41(22-13-25-46(49)53(43)44-23-7-9-26-47(44)58-48-27-10-8-24-45(48)53)39-20-11-18-37(31-39)38-19-12-21-40(32-38)52-56-50(35-14-3-1-4-15-35)55-51(57-52)36-16-5-2-6-17-36/h1-32H. The highest BCUT2D eigenvalue weighted by Gasteiger charge is 2.50. The zero-order chi connectivity index (χ0) is 38.6. The molecule has 0 atom stereocenters. The quantitative estimate of drug-likeness (QED) is 0.175. The molecule has 58 heavy (non-hydrogen) atoms. The molecule has 0 saturated carbocycles. The van der Waals surface area contributed by atoms with Crippen molar-refractivity contribution in [2.24, 2.45) is 0 Å². The van der Waals surface area contributed by atoms with Crippen LogP contribution in [0.4, 0.5) is 0 Å². The lowest BCUT2D eigenvalue weighted by Gasteiger charge is -2.39. The van der Waals surface area contributed by atoms with Gasteiger partial charge >= 0.3 is 0 Å². The summed E-state index contributed by atoms with van der Waals surface area (Å²) in [6.07, 6.45) is 0. The fraction of sp³-hybridized carbons (Fsp3) is 0.0189. The molecule has 0 amide bonds. The van der Waals surface area contributed by atoms with Crippen LogP contribution in [0.2, 0.25) is 0 Å². The van der Waals surface area contributed by atoms with Crippen LogP contribution < -0.4 is 0 Å². The zero-order valence-corrected chi connectivity index (χ0v) is 32.0. The van der Waals surface area contributed by atoms with Crippen LogP contribution in [0.15, 0.2) is 204 Å². The molecule has 0 saturated heterocycles. The topological polar surface area (TPSA) is 62.5 Å². The molecule has 5 heteroatoms. The second-order valence-electron chi connectivity index (χ2n) is 14.6. The number of hydrogen-bond donors (Lipinski definition) is 0. The van der Waals surface area contributed by atoms with Crippen LogP contribution in [0, 0.1) is 11.3 Å². The summed E-state index contributed by atoms with van der Waals surface area (Å²) in [5.41, 5.74) is 14.6. The van der Waals surface area contributed by atoms with E-state index in [9.17, 15) is 5.26 Å². The van der Waals surface area contributed by atoms with Crippen molar-refractivity contribution < 1.29 is 0 Å². The molecule has 11 rings (SSSR count). The maximum absolute atomic E-state index is 10.2. The zero-order valence-electron chi connectivity index (χ0n) is 31.2. The molecule has 0 unspecified atom stereocenters. The first-order valence-corrected chi connectivity index (χ1v) is 20.1. The van der Waals surface area contributed by atoms with Gasteiger partial charge in [0.2, 0.25) is 0 Å². The van der Waals surface area contributed by atoms with Crippen molar-refractivity contribution in [1.29, 1.82) is 5.26 Å². The molecule has 1 spiro atoms. The third kappa shape index (κ3) is 5.34. The summed E-state index contributed by atoms with van der Waals surface area (Å²) in [6.45, 7) is 0. The van der Waals surface area contributed by atoms with Crippen molar-refractivity contribution in [2.75, 3.05) is 0 Å². The summed E-state index contributed by atoms with van der Waals surface area (Å²) in [7, 11) is 0. The lowest BCUT2D eigenvalue weighted by Crippen LogP contribution is -2.31. The van der Waals surface area contributed by atoms with Crippen LogP contribution in [0.3, 0.4) is 0 Å². The van der Waals surface area contributed by atoms with Gasteiger partial charge in [-0.3, -0.25) is 0 Å². The summed E-state index contributed by atoms with van der Waals surface area (Å²) in [5, 5.41) is 10.2. The molecule has 0 bridgehead atoms. The Bertz CT molecular complexity index is 3010. The Labute approximate surface area is 341 Å². The van der Waals surface area contributed by atoms with E-state index < -0.39 is 5.41 Å². The van der Waals surface area contributed by atoms with Gasteiger partial charge in [0.25, 0.3) is 0 Å². The monoisotopic (exact) mass is 756 g/mol. The predicted molar refractivity (Wildman–Crippen MR) is 233 cm³/mol. The van der Waals surface area contributed by atoms with E-state index in [1.54, 1.807) is 0 Å². The number of aromatic nitrogens is 3. The average molecular weight is 757 g/mol. The Kier molecular flexibility index (Phi) is 7.99. The first kappa shape index (κ1) is 33.9. The van der Waals surface area contributed by atoms with Crippen molar-refractivity contribution in [3.05, 3.63) is 222 Å². The van der Waals surface area contributed by atoms with E-state index in [0.29, 0.717) is 23.0 Å². The summed E-state index contributed by atoms with van der Waals surface area (Å²) in [4.78, 5) is 17.4. The number of rotatable bonds is 5. The predicted octanol–water partition coefficient (Wildman–Crippen LogP) is 12.9. The minimum Gasteiger partial charge on any atom is -0.208 e. The maximum Gasteiger partial charge on any atom is 0.164 e. The average Bonchev–Trinajstić information content (AvgIpc) is 3.59. The lowest BCUT2D eigenvalue weighted by atomic mass is 9.67. The van der Waals surface area contributed by atoms with Gasteiger partial charge in [0.05, 0.1) is 17.0 Å². The van der Waals surface area contributed by atoms with Crippen molar-refractivity contribution in [1.82, 2.24) is 15.0 Å². The number of nitriles is 1. The van der Waals surface area contributed by atoms with Crippen LogP contribution in [0.5, 0.6) is 0 Å². The van der Waals surface area contributed by atoms with Crippen molar-refractivity contribution >= 4 is 11.8 Å². The number of nitrogens with zero attached hydrogens (tertiary/aromatic N) is 4. The largest absolute Gasteiger partial charge is 0.208 e. The van der Waals surface area contributed by atoms with Gasteiger partial charge in [-0.1, -0.05) is 169 Å². The molecular weight excluding hydrogens is 725 g/mol. The molecule has 2 aliphatic rings. The molecule has 1 aromatic heterocycles. The van der Waals surface area contributed by atoms with E-state index in [1.165, 1.54) is 37.6 Å². The normalized spacial score (nSPS) is 12.9. The van der Waals surface area contributed by atoms with Crippen molar-refractivity contribution in [2.45, 2.75) is 15.2 Å². The second-order valence-corrected chi connectivity index (χ2v) is 15.7. The number of fused-ring (bicyclic) bond motifs is 9. The second kappa shape index (κ2) is 13.7. The first-order valence-electron chi connectivity index (χ1n) is 19.3. The molecule has 1 aliphatic heterocycles. The lowest BCUT2D eigenvalue weighted by molar-refractivity contribution is 0.722. The molecule has 270 valence electrons. The molecule has 1 aliphatic carbocycles. The fourth-order valence-corrected chi connectivity index (χ4v) is 10.1. The van der Waals surface area contributed by atoms with Gasteiger partial charge in [-0.25, -0.2) is 15.0 Å². The van der Waals surface area contributed by atoms with Gasteiger partial charge in [0, 0.05) is 26.5 Å². The first-order chi connectivity index (χ1) is 28.7. The van der Waals surface area contributed by atoms with E-state index in [4.69, 9.17) is 15.0 Å². The van der Waals surface area contributed by atoms with Crippen LogP contribution in [0.1, 0.15) is 27.8 Å². The highest BCUT2D eigenvalue weighted by molar-refractivity contribution is 7.99. The summed E-state index contributed by atoms with van der Waals surface area (Å²) < 4.78 is 0. The Balaban J connectivity index is 1.07. The van der Waals surface area contributed by atoms with Gasteiger partial charge in [-0.05, 0) is 92.0 Å². The molecule has 4 nitrogen and oxygen atoms in total. The van der Waals surface area contributed by atoms with E-state index in [2.05, 4.69) is 133 Å². The van der Waals surface area contributed by atoms with Crippen molar-refractivity contribution in [3.8, 4) is 73.6 Å². The fourth-order valence-electron chi connectivity index (χ4n) is 8.90. The van der Waals surface area contributed by atoms with E-state index in [0.717, 1.165) is 44.5 Å². The highest BCUT2D eigenvalue weighted by atomic mass is 32.2. The van der Waals surface area contributed by atoms with Crippen LogP contribution in [0.25, 0.3) is 67.5 Å². The summed E-state index contributed by atoms with van der Waals surface area (Å²) in [6, 6.07) is 70.4. The number of hydrogen-bond acceptors (Lipinski definition) is 5.